The van der Waals surface area contributed by atoms with Crippen molar-refractivity contribution in [2.24, 2.45) is 0 Å². The first kappa shape index (κ1) is 16.8. The molecule has 0 saturated heterocycles. The predicted octanol–water partition coefficient (Wildman–Crippen LogP) is 1.97. The Morgan fingerprint density at radius 2 is 2.05 bits per heavy atom. The minimum atomic E-state index is -3.12. The van der Waals surface area contributed by atoms with Gasteiger partial charge in [-0.15, -0.1) is 0 Å². The number of carboxylic acid groups (broad SMARTS) is 1. The zero-order valence-electron chi connectivity index (χ0n) is 11.1. The lowest BCUT2D eigenvalue weighted by molar-refractivity contribution is 0.0696. The van der Waals surface area contributed by atoms with Gasteiger partial charge < -0.3 is 14.6 Å². The summed E-state index contributed by atoms with van der Waals surface area (Å²) in [4.78, 5) is 10.9. The van der Waals surface area contributed by atoms with Gasteiger partial charge in [-0.05, 0) is 28.1 Å². The van der Waals surface area contributed by atoms with Crippen LogP contribution in [-0.2, 0) is 9.84 Å². The monoisotopic (exact) mass is 366 g/mol. The van der Waals surface area contributed by atoms with E-state index in [1.54, 1.807) is 6.92 Å². The topological polar surface area (TPSA) is 89.9 Å². The number of carbonyl (C=O) groups is 1. The molecule has 0 aliphatic rings. The van der Waals surface area contributed by atoms with Gasteiger partial charge in [-0.2, -0.15) is 0 Å². The van der Waals surface area contributed by atoms with E-state index in [1.807, 2.05) is 0 Å². The third-order valence-corrected chi connectivity index (χ3v) is 4.81. The maximum atomic E-state index is 11.4. The lowest BCUT2D eigenvalue weighted by Gasteiger charge is -2.13. The highest BCUT2D eigenvalue weighted by Crippen LogP contribution is 2.36. The number of ether oxygens (including phenoxy) is 2. The van der Waals surface area contributed by atoms with Crippen molar-refractivity contribution in [3.63, 3.8) is 0 Å². The van der Waals surface area contributed by atoms with Crippen LogP contribution in [0.15, 0.2) is 16.6 Å². The number of sulfone groups is 1. The normalized spacial score (nSPS) is 11.2. The van der Waals surface area contributed by atoms with E-state index < -0.39 is 15.8 Å². The second-order valence-corrected chi connectivity index (χ2v) is 7.21. The number of methoxy groups -OCH3 is 1. The van der Waals surface area contributed by atoms with Gasteiger partial charge in [0.15, 0.2) is 21.3 Å². The summed E-state index contributed by atoms with van der Waals surface area (Å²) in [7, 11) is -1.74. The van der Waals surface area contributed by atoms with Gasteiger partial charge in [0, 0.05) is 5.75 Å². The van der Waals surface area contributed by atoms with E-state index in [4.69, 9.17) is 14.6 Å². The first-order valence-corrected chi connectivity index (χ1v) is 8.36. The highest BCUT2D eigenvalue weighted by Gasteiger charge is 2.16. The first-order chi connectivity index (χ1) is 9.30. The number of halogens is 1. The molecule has 0 atom stereocenters. The van der Waals surface area contributed by atoms with Crippen molar-refractivity contribution in [2.45, 2.75) is 6.92 Å². The van der Waals surface area contributed by atoms with Crippen LogP contribution in [-0.4, -0.2) is 44.7 Å². The maximum Gasteiger partial charge on any atom is 0.335 e. The summed E-state index contributed by atoms with van der Waals surface area (Å²) in [5.41, 5.74) is 0.0438. The Morgan fingerprint density at radius 3 is 2.55 bits per heavy atom. The SMILES string of the molecule is CCS(=O)(=O)CCOc1c(Br)cc(C(=O)O)cc1OC. The van der Waals surface area contributed by atoms with Crippen LogP contribution in [0, 0.1) is 0 Å². The Balaban J connectivity index is 2.92. The molecule has 1 aromatic rings. The van der Waals surface area contributed by atoms with E-state index in [2.05, 4.69) is 15.9 Å². The summed E-state index contributed by atoms with van der Waals surface area (Å²) >= 11 is 3.19. The van der Waals surface area contributed by atoms with Crippen LogP contribution in [0.4, 0.5) is 0 Å². The summed E-state index contributed by atoms with van der Waals surface area (Å²) < 4.78 is 33.6. The van der Waals surface area contributed by atoms with E-state index >= 15 is 0 Å². The Kier molecular flexibility index (Phi) is 5.82. The molecule has 1 N–H and O–H groups in total. The Hall–Kier alpha value is -1.28. The Bertz CT molecular complexity index is 596. The van der Waals surface area contributed by atoms with Crippen molar-refractivity contribution < 1.29 is 27.8 Å². The number of benzene rings is 1. The zero-order valence-corrected chi connectivity index (χ0v) is 13.5. The number of aromatic carboxylic acids is 1. The van der Waals surface area contributed by atoms with Gasteiger partial charge in [0.2, 0.25) is 0 Å². The van der Waals surface area contributed by atoms with E-state index in [9.17, 15) is 13.2 Å². The second-order valence-electron chi connectivity index (χ2n) is 3.88. The average Bonchev–Trinajstić information content (AvgIpc) is 2.39. The third kappa shape index (κ3) is 4.38. The minimum absolute atomic E-state index is 0.0302. The molecule has 0 unspecified atom stereocenters. The summed E-state index contributed by atoms with van der Waals surface area (Å²) in [5, 5.41) is 8.94. The fourth-order valence-corrected chi connectivity index (χ4v) is 2.58. The fourth-order valence-electron chi connectivity index (χ4n) is 1.40. The maximum absolute atomic E-state index is 11.4. The van der Waals surface area contributed by atoms with E-state index in [0.717, 1.165) is 0 Å². The van der Waals surface area contributed by atoms with Gasteiger partial charge in [-0.1, -0.05) is 6.92 Å². The lowest BCUT2D eigenvalue weighted by atomic mass is 10.2. The van der Waals surface area contributed by atoms with E-state index in [0.29, 0.717) is 4.47 Å². The van der Waals surface area contributed by atoms with Crippen molar-refractivity contribution >= 4 is 31.7 Å². The predicted molar refractivity (Wildman–Crippen MR) is 77.5 cm³/mol. The van der Waals surface area contributed by atoms with Gasteiger partial charge in [-0.25, -0.2) is 13.2 Å². The quantitative estimate of drug-likeness (QED) is 0.793. The molecular weight excluding hydrogens is 352 g/mol. The highest BCUT2D eigenvalue weighted by atomic mass is 79.9. The Labute approximate surface area is 125 Å². The summed E-state index contributed by atoms with van der Waals surface area (Å²) in [5.74, 6) is -0.648. The van der Waals surface area contributed by atoms with Crippen LogP contribution >= 0.6 is 15.9 Å². The molecule has 0 aromatic heterocycles. The number of hydrogen-bond acceptors (Lipinski definition) is 5. The van der Waals surface area contributed by atoms with Crippen molar-refractivity contribution in [3.8, 4) is 11.5 Å². The molecule has 0 saturated carbocycles. The fraction of sp³-hybridized carbons (Fsp3) is 0.417. The van der Waals surface area contributed by atoms with Crippen molar-refractivity contribution in [1.82, 2.24) is 0 Å². The van der Waals surface area contributed by atoms with Gasteiger partial charge in [0.05, 0.1) is 22.9 Å². The molecule has 0 aliphatic carbocycles. The number of carboxylic acids is 1. The van der Waals surface area contributed by atoms with Crippen molar-refractivity contribution in [2.75, 3.05) is 25.2 Å². The Morgan fingerprint density at radius 1 is 1.40 bits per heavy atom. The van der Waals surface area contributed by atoms with Gasteiger partial charge >= 0.3 is 5.97 Å². The summed E-state index contributed by atoms with van der Waals surface area (Å²) in [6.07, 6.45) is 0. The molecule has 0 spiro atoms. The lowest BCUT2D eigenvalue weighted by Crippen LogP contribution is -2.16. The molecule has 112 valence electrons. The van der Waals surface area contributed by atoms with Crippen molar-refractivity contribution in [3.05, 3.63) is 22.2 Å². The molecule has 0 fully saturated rings. The largest absolute Gasteiger partial charge is 0.493 e. The first-order valence-electron chi connectivity index (χ1n) is 5.74. The number of hydrogen-bond donors (Lipinski definition) is 1. The average molecular weight is 367 g/mol. The smallest absolute Gasteiger partial charge is 0.335 e. The van der Waals surface area contributed by atoms with Gasteiger partial charge in [0.1, 0.15) is 6.61 Å². The van der Waals surface area contributed by atoms with Crippen molar-refractivity contribution in [1.29, 1.82) is 0 Å². The highest BCUT2D eigenvalue weighted by molar-refractivity contribution is 9.10. The second kappa shape index (κ2) is 6.94. The third-order valence-electron chi connectivity index (χ3n) is 2.56. The number of rotatable bonds is 7. The van der Waals surface area contributed by atoms with Crippen LogP contribution in [0.1, 0.15) is 17.3 Å². The van der Waals surface area contributed by atoms with Crippen LogP contribution in [0.2, 0.25) is 0 Å². The molecule has 20 heavy (non-hydrogen) atoms. The van der Waals surface area contributed by atoms with Crippen LogP contribution in [0.3, 0.4) is 0 Å². The molecule has 0 radical (unpaired) electrons. The van der Waals surface area contributed by atoms with E-state index in [-0.39, 0.29) is 35.2 Å². The standard InChI is InChI=1S/C12H15BrO6S/c1-3-20(16,17)5-4-19-11-9(13)6-8(12(14)15)7-10(11)18-2/h6-7H,3-5H2,1-2H3,(H,14,15). The minimum Gasteiger partial charge on any atom is -0.493 e. The van der Waals surface area contributed by atoms with E-state index in [1.165, 1.54) is 19.2 Å². The molecule has 1 rings (SSSR count). The summed E-state index contributed by atoms with van der Waals surface area (Å²) in [6.45, 7) is 1.53. The van der Waals surface area contributed by atoms with Gasteiger partial charge in [0.25, 0.3) is 0 Å². The van der Waals surface area contributed by atoms with Gasteiger partial charge in [-0.3, -0.25) is 0 Å². The molecule has 0 heterocycles. The molecule has 0 amide bonds. The molecule has 1 aromatic carbocycles. The van der Waals surface area contributed by atoms with Crippen LogP contribution in [0.25, 0.3) is 0 Å². The molecule has 8 heteroatoms. The molecule has 0 aliphatic heterocycles. The van der Waals surface area contributed by atoms with Crippen LogP contribution < -0.4 is 9.47 Å². The summed E-state index contributed by atoms with van der Waals surface area (Å²) in [6, 6.07) is 2.69. The van der Waals surface area contributed by atoms with Crippen LogP contribution in [0.5, 0.6) is 11.5 Å². The zero-order chi connectivity index (χ0) is 15.3. The molecule has 0 bridgehead atoms. The molecule has 6 nitrogen and oxygen atoms in total. The molecular formula is C12H15BrO6S.